The van der Waals surface area contributed by atoms with Gasteiger partial charge in [0.15, 0.2) is 0 Å². The van der Waals surface area contributed by atoms with Gasteiger partial charge < -0.3 is 20.1 Å². The van der Waals surface area contributed by atoms with Gasteiger partial charge in [-0.1, -0.05) is 18.2 Å². The molecule has 7 heteroatoms. The summed E-state index contributed by atoms with van der Waals surface area (Å²) in [6.45, 7) is 3.10. The molecule has 4 rings (SSSR count). The first-order valence-electron chi connectivity index (χ1n) is 8.38. The second-order valence-electron chi connectivity index (χ2n) is 5.99. The van der Waals surface area contributed by atoms with E-state index in [4.69, 9.17) is 20.2 Å². The first kappa shape index (κ1) is 16.8. The van der Waals surface area contributed by atoms with Crippen LogP contribution in [0.1, 0.15) is 10.4 Å². The van der Waals surface area contributed by atoms with Crippen molar-refractivity contribution in [3.63, 3.8) is 0 Å². The standard InChI is InChI=1S/C19H19N3O3S/c1-24-15-7-6-14(22-8-10-25-11-9-22)17-16(15)21-19(26-17)13-5-3-2-4-12(13)18(20)23/h2-7H,8-11H2,1H3,(H2,20,23). The summed E-state index contributed by atoms with van der Waals surface area (Å²) in [6, 6.07) is 11.3. The van der Waals surface area contributed by atoms with E-state index in [1.54, 1.807) is 30.6 Å². The van der Waals surface area contributed by atoms with E-state index in [1.165, 1.54) is 0 Å². The molecule has 0 saturated carbocycles. The molecule has 1 aliphatic heterocycles. The molecule has 2 aromatic carbocycles. The molecule has 0 bridgehead atoms. The Balaban J connectivity index is 1.89. The fraction of sp³-hybridized carbons (Fsp3) is 0.263. The minimum Gasteiger partial charge on any atom is -0.494 e. The monoisotopic (exact) mass is 369 g/mol. The number of methoxy groups -OCH3 is 1. The Morgan fingerprint density at radius 1 is 1.23 bits per heavy atom. The number of ether oxygens (including phenoxy) is 2. The predicted octanol–water partition coefficient (Wildman–Crippen LogP) is 2.91. The summed E-state index contributed by atoms with van der Waals surface area (Å²) in [4.78, 5) is 18.9. The molecule has 0 atom stereocenters. The molecule has 1 saturated heterocycles. The Labute approximate surface area is 155 Å². The van der Waals surface area contributed by atoms with E-state index in [1.807, 2.05) is 18.2 Å². The van der Waals surface area contributed by atoms with Crippen LogP contribution >= 0.6 is 11.3 Å². The number of aromatic nitrogens is 1. The molecule has 1 amide bonds. The Bertz CT molecular complexity index is 964. The number of primary amides is 1. The highest BCUT2D eigenvalue weighted by Crippen LogP contribution is 2.41. The van der Waals surface area contributed by atoms with Crippen molar-refractivity contribution in [3.05, 3.63) is 42.0 Å². The number of anilines is 1. The van der Waals surface area contributed by atoms with Crippen molar-refractivity contribution in [3.8, 4) is 16.3 Å². The van der Waals surface area contributed by atoms with Gasteiger partial charge in [-0.05, 0) is 18.2 Å². The summed E-state index contributed by atoms with van der Waals surface area (Å²) in [5.41, 5.74) is 8.67. The van der Waals surface area contributed by atoms with Crippen molar-refractivity contribution in [1.82, 2.24) is 4.98 Å². The maximum Gasteiger partial charge on any atom is 0.249 e. The molecule has 0 radical (unpaired) electrons. The van der Waals surface area contributed by atoms with Crippen LogP contribution in [0.5, 0.6) is 5.75 Å². The van der Waals surface area contributed by atoms with Gasteiger partial charge in [0.1, 0.15) is 16.3 Å². The molecule has 134 valence electrons. The first-order valence-corrected chi connectivity index (χ1v) is 9.20. The highest BCUT2D eigenvalue weighted by Gasteiger charge is 2.21. The molecule has 1 fully saturated rings. The van der Waals surface area contributed by atoms with E-state index in [9.17, 15) is 4.79 Å². The lowest BCUT2D eigenvalue weighted by atomic mass is 10.1. The number of nitrogens with two attached hydrogens (primary N) is 1. The van der Waals surface area contributed by atoms with Crippen LogP contribution in [0.4, 0.5) is 5.69 Å². The lowest BCUT2D eigenvalue weighted by molar-refractivity contribution is 0.100. The summed E-state index contributed by atoms with van der Waals surface area (Å²) in [5, 5.41) is 0.758. The summed E-state index contributed by atoms with van der Waals surface area (Å²) in [7, 11) is 1.64. The number of fused-ring (bicyclic) bond motifs is 1. The summed E-state index contributed by atoms with van der Waals surface area (Å²) >= 11 is 1.55. The molecule has 0 unspecified atom stereocenters. The Hall–Kier alpha value is -2.64. The highest BCUT2D eigenvalue weighted by molar-refractivity contribution is 7.22. The zero-order chi connectivity index (χ0) is 18.1. The van der Waals surface area contributed by atoms with Crippen LogP contribution in [0, 0.1) is 0 Å². The van der Waals surface area contributed by atoms with Gasteiger partial charge in [-0.15, -0.1) is 11.3 Å². The van der Waals surface area contributed by atoms with E-state index in [-0.39, 0.29) is 0 Å². The Morgan fingerprint density at radius 2 is 2.00 bits per heavy atom. The first-order chi connectivity index (χ1) is 12.7. The number of rotatable bonds is 4. The fourth-order valence-electron chi connectivity index (χ4n) is 3.19. The molecule has 2 heterocycles. The third-order valence-corrected chi connectivity index (χ3v) is 5.59. The summed E-state index contributed by atoms with van der Waals surface area (Å²) < 4.78 is 12.0. The number of hydrogen-bond acceptors (Lipinski definition) is 6. The zero-order valence-corrected chi connectivity index (χ0v) is 15.2. The third kappa shape index (κ3) is 2.89. The highest BCUT2D eigenvalue weighted by atomic mass is 32.1. The largest absolute Gasteiger partial charge is 0.494 e. The van der Waals surface area contributed by atoms with Crippen molar-refractivity contribution in [2.75, 3.05) is 38.3 Å². The quantitative estimate of drug-likeness (QED) is 0.765. The molecule has 1 aliphatic rings. The van der Waals surface area contributed by atoms with Crippen molar-refractivity contribution in [1.29, 1.82) is 0 Å². The van der Waals surface area contributed by atoms with Crippen LogP contribution in [0.25, 0.3) is 20.8 Å². The molecule has 26 heavy (non-hydrogen) atoms. The predicted molar refractivity (Wildman–Crippen MR) is 103 cm³/mol. The minimum atomic E-state index is -0.458. The van der Waals surface area contributed by atoms with Gasteiger partial charge in [-0.3, -0.25) is 4.79 Å². The van der Waals surface area contributed by atoms with Crippen LogP contribution in [-0.4, -0.2) is 44.3 Å². The SMILES string of the molecule is COc1ccc(N2CCOCC2)c2sc(-c3ccccc3C(N)=O)nc12. The molecular weight excluding hydrogens is 350 g/mol. The molecular formula is C19H19N3O3S. The smallest absolute Gasteiger partial charge is 0.249 e. The number of thiazole rings is 1. The van der Waals surface area contributed by atoms with Gasteiger partial charge in [0.25, 0.3) is 0 Å². The number of morpholine rings is 1. The second kappa shape index (κ2) is 6.93. The zero-order valence-electron chi connectivity index (χ0n) is 14.4. The number of hydrogen-bond donors (Lipinski definition) is 1. The van der Waals surface area contributed by atoms with Crippen molar-refractivity contribution < 1.29 is 14.3 Å². The molecule has 0 spiro atoms. The molecule has 1 aromatic heterocycles. The third-order valence-electron chi connectivity index (χ3n) is 4.48. The molecule has 3 aromatic rings. The number of benzene rings is 2. The average molecular weight is 369 g/mol. The van der Waals surface area contributed by atoms with Crippen LogP contribution < -0.4 is 15.4 Å². The molecule has 2 N–H and O–H groups in total. The summed E-state index contributed by atoms with van der Waals surface area (Å²) in [6.07, 6.45) is 0. The van der Waals surface area contributed by atoms with Gasteiger partial charge in [0, 0.05) is 24.2 Å². The van der Waals surface area contributed by atoms with Gasteiger partial charge in [0.05, 0.1) is 30.7 Å². The lowest BCUT2D eigenvalue weighted by Gasteiger charge is -2.29. The van der Waals surface area contributed by atoms with Gasteiger partial charge >= 0.3 is 0 Å². The normalized spacial score (nSPS) is 14.6. The van der Waals surface area contributed by atoms with E-state index < -0.39 is 5.91 Å². The van der Waals surface area contributed by atoms with Crippen molar-refractivity contribution in [2.24, 2.45) is 5.73 Å². The van der Waals surface area contributed by atoms with Gasteiger partial charge in [-0.25, -0.2) is 4.98 Å². The molecule has 0 aliphatic carbocycles. The Morgan fingerprint density at radius 3 is 2.73 bits per heavy atom. The number of carbonyl (C=O) groups excluding carboxylic acids is 1. The van der Waals surface area contributed by atoms with Crippen molar-refractivity contribution >= 4 is 33.1 Å². The topological polar surface area (TPSA) is 77.7 Å². The number of amides is 1. The Kier molecular flexibility index (Phi) is 4.48. The van der Waals surface area contributed by atoms with E-state index in [2.05, 4.69) is 11.0 Å². The second-order valence-corrected chi connectivity index (χ2v) is 6.99. The van der Waals surface area contributed by atoms with Crippen LogP contribution in [-0.2, 0) is 4.74 Å². The number of nitrogens with zero attached hydrogens (tertiary/aromatic N) is 2. The minimum absolute atomic E-state index is 0.458. The fourth-order valence-corrected chi connectivity index (χ4v) is 4.35. The van der Waals surface area contributed by atoms with Gasteiger partial charge in [-0.2, -0.15) is 0 Å². The van der Waals surface area contributed by atoms with E-state index in [0.29, 0.717) is 18.8 Å². The lowest BCUT2D eigenvalue weighted by Crippen LogP contribution is -2.36. The average Bonchev–Trinajstić information content (AvgIpc) is 3.13. The van der Waals surface area contributed by atoms with Crippen LogP contribution in [0.15, 0.2) is 36.4 Å². The van der Waals surface area contributed by atoms with Crippen molar-refractivity contribution in [2.45, 2.75) is 0 Å². The van der Waals surface area contributed by atoms with Crippen LogP contribution in [0.3, 0.4) is 0 Å². The molecule has 6 nitrogen and oxygen atoms in total. The van der Waals surface area contributed by atoms with E-state index in [0.717, 1.165) is 45.3 Å². The van der Waals surface area contributed by atoms with E-state index >= 15 is 0 Å². The maximum atomic E-state index is 11.8. The maximum absolute atomic E-state index is 11.8. The summed E-state index contributed by atoms with van der Waals surface area (Å²) in [5.74, 6) is 0.260. The number of carbonyl (C=O) groups is 1. The van der Waals surface area contributed by atoms with Crippen LogP contribution in [0.2, 0.25) is 0 Å². The van der Waals surface area contributed by atoms with Gasteiger partial charge in [0.2, 0.25) is 5.91 Å².